The third-order valence-corrected chi connectivity index (χ3v) is 3.33. The first kappa shape index (κ1) is 13.7. The van der Waals surface area contributed by atoms with Gasteiger partial charge < -0.3 is 5.32 Å². The van der Waals surface area contributed by atoms with Crippen molar-refractivity contribution in [2.75, 3.05) is 6.54 Å². The van der Waals surface area contributed by atoms with Gasteiger partial charge in [-0.15, -0.1) is 0 Å². The normalized spacial score (nSPS) is 15.3. The minimum atomic E-state index is -4.64. The Hall–Kier alpha value is -2.31. The summed E-state index contributed by atoms with van der Waals surface area (Å²) in [6, 6.07) is 8.09. The molecule has 1 N–H and O–H groups in total. The minimum absolute atomic E-state index is 0.199. The van der Waals surface area contributed by atoms with Gasteiger partial charge in [-0.2, -0.15) is 18.3 Å². The summed E-state index contributed by atoms with van der Waals surface area (Å²) in [5.41, 5.74) is -1.22. The predicted molar refractivity (Wildman–Crippen MR) is 69.6 cm³/mol. The maximum atomic E-state index is 13.4. The van der Waals surface area contributed by atoms with Crippen molar-refractivity contribution in [2.45, 2.75) is 19.1 Å². The Morgan fingerprint density at radius 3 is 2.57 bits per heavy atom. The molecule has 0 unspecified atom stereocenters. The molecule has 0 saturated carbocycles. The number of nitrogens with zero attached hydrogens (tertiary/aromatic N) is 2. The van der Waals surface area contributed by atoms with Gasteiger partial charge >= 0.3 is 6.18 Å². The Morgan fingerprint density at radius 2 is 1.90 bits per heavy atom. The molecule has 1 aromatic heterocycles. The summed E-state index contributed by atoms with van der Waals surface area (Å²) in [5.74, 6) is -0.727. The highest BCUT2D eigenvalue weighted by Gasteiger charge is 2.42. The van der Waals surface area contributed by atoms with Crippen LogP contribution in [-0.4, -0.2) is 22.2 Å². The van der Waals surface area contributed by atoms with E-state index in [9.17, 15) is 18.0 Å². The fourth-order valence-corrected chi connectivity index (χ4v) is 2.44. The van der Waals surface area contributed by atoms with Gasteiger partial charge in [0.05, 0.1) is 0 Å². The molecule has 1 aliphatic rings. The van der Waals surface area contributed by atoms with E-state index in [1.54, 1.807) is 30.3 Å². The van der Waals surface area contributed by atoms with Crippen LogP contribution in [0.4, 0.5) is 13.2 Å². The molecule has 0 saturated heterocycles. The first-order valence-electron chi connectivity index (χ1n) is 6.50. The van der Waals surface area contributed by atoms with Gasteiger partial charge in [0.1, 0.15) is 17.0 Å². The number of hydrogen-bond donors (Lipinski definition) is 1. The van der Waals surface area contributed by atoms with E-state index in [0.29, 0.717) is 18.5 Å². The van der Waals surface area contributed by atoms with Crippen LogP contribution in [0.1, 0.15) is 22.5 Å². The number of benzene rings is 1. The van der Waals surface area contributed by atoms with Gasteiger partial charge in [0.15, 0.2) is 0 Å². The molecular formula is C14H12F3N3O. The van der Waals surface area contributed by atoms with Crippen LogP contribution in [0.5, 0.6) is 0 Å². The Labute approximate surface area is 118 Å². The molecule has 1 amide bonds. The lowest BCUT2D eigenvalue weighted by Crippen LogP contribution is -2.26. The Balaban J connectivity index is 2.27. The second kappa shape index (κ2) is 4.91. The number of aryl methyl sites for hydroxylation is 1. The molecule has 21 heavy (non-hydrogen) atoms. The number of rotatable bonds is 1. The number of fused-ring (bicyclic) bond motifs is 1. The average Bonchev–Trinajstić information content (AvgIpc) is 2.75. The largest absolute Gasteiger partial charge is 0.420 e. The molecule has 4 nitrogen and oxygen atoms in total. The van der Waals surface area contributed by atoms with Crippen molar-refractivity contribution in [3.05, 3.63) is 41.6 Å². The van der Waals surface area contributed by atoms with E-state index in [4.69, 9.17) is 0 Å². The standard InChI is InChI=1S/C14H12F3N3O/c15-14(16,17)10-11(9-5-2-1-3-6-9)19-20-8-4-7-18-13(21)12(10)20/h1-3,5-6H,4,7-8H2,(H,18,21). The second-order valence-corrected chi connectivity index (χ2v) is 4.77. The van der Waals surface area contributed by atoms with E-state index in [0.717, 1.165) is 4.68 Å². The van der Waals surface area contributed by atoms with Gasteiger partial charge in [-0.3, -0.25) is 9.48 Å². The number of halogens is 3. The smallest absolute Gasteiger partial charge is 0.351 e. The molecule has 1 aliphatic heterocycles. The van der Waals surface area contributed by atoms with Crippen molar-refractivity contribution >= 4 is 5.91 Å². The van der Waals surface area contributed by atoms with Gasteiger partial charge in [0.2, 0.25) is 0 Å². The summed E-state index contributed by atoms with van der Waals surface area (Å²) >= 11 is 0. The average molecular weight is 295 g/mol. The van der Waals surface area contributed by atoms with E-state index in [1.165, 1.54) is 0 Å². The van der Waals surface area contributed by atoms with Gasteiger partial charge in [0, 0.05) is 18.7 Å². The molecule has 0 fully saturated rings. The number of aromatic nitrogens is 2. The van der Waals surface area contributed by atoms with Crippen LogP contribution in [0, 0.1) is 0 Å². The van der Waals surface area contributed by atoms with E-state index >= 15 is 0 Å². The van der Waals surface area contributed by atoms with Crippen molar-refractivity contribution in [3.63, 3.8) is 0 Å². The highest BCUT2D eigenvalue weighted by Crippen LogP contribution is 2.39. The number of carbonyl (C=O) groups is 1. The van der Waals surface area contributed by atoms with Crippen LogP contribution in [0.2, 0.25) is 0 Å². The van der Waals surface area contributed by atoms with Gasteiger partial charge in [-0.05, 0) is 6.42 Å². The SMILES string of the molecule is O=C1NCCCn2nc(-c3ccccc3)c(C(F)(F)F)c21. The molecule has 0 atom stereocenters. The molecule has 2 heterocycles. The predicted octanol–water partition coefficient (Wildman–Crippen LogP) is 2.70. The number of amides is 1. The first-order valence-corrected chi connectivity index (χ1v) is 6.50. The highest BCUT2D eigenvalue weighted by atomic mass is 19.4. The van der Waals surface area contributed by atoms with E-state index < -0.39 is 23.3 Å². The van der Waals surface area contributed by atoms with Crippen LogP contribution >= 0.6 is 0 Å². The zero-order valence-corrected chi connectivity index (χ0v) is 10.9. The van der Waals surface area contributed by atoms with Gasteiger partial charge in [0.25, 0.3) is 5.91 Å². The maximum absolute atomic E-state index is 13.4. The molecule has 7 heteroatoms. The van der Waals surface area contributed by atoms with Gasteiger partial charge in [-0.1, -0.05) is 30.3 Å². The Morgan fingerprint density at radius 1 is 1.19 bits per heavy atom. The first-order chi connectivity index (χ1) is 9.98. The summed E-state index contributed by atoms with van der Waals surface area (Å²) in [5, 5.41) is 6.51. The molecule has 3 rings (SSSR count). The summed E-state index contributed by atoms with van der Waals surface area (Å²) in [6.45, 7) is 0.629. The lowest BCUT2D eigenvalue weighted by Gasteiger charge is -2.09. The van der Waals surface area contributed by atoms with Crippen LogP contribution in [0.15, 0.2) is 30.3 Å². The third kappa shape index (κ3) is 2.39. The van der Waals surface area contributed by atoms with E-state index in [1.807, 2.05) is 0 Å². The van der Waals surface area contributed by atoms with Crippen molar-refractivity contribution < 1.29 is 18.0 Å². The van der Waals surface area contributed by atoms with Crippen molar-refractivity contribution in [3.8, 4) is 11.3 Å². The maximum Gasteiger partial charge on any atom is 0.420 e. The van der Waals surface area contributed by atoms with E-state index in [2.05, 4.69) is 10.4 Å². The molecule has 1 aromatic carbocycles. The summed E-state index contributed by atoms with van der Waals surface area (Å²) in [7, 11) is 0. The zero-order valence-electron chi connectivity index (χ0n) is 10.9. The number of hydrogen-bond acceptors (Lipinski definition) is 2. The minimum Gasteiger partial charge on any atom is -0.351 e. The van der Waals surface area contributed by atoms with Crippen molar-refractivity contribution in [1.82, 2.24) is 15.1 Å². The summed E-state index contributed by atoms with van der Waals surface area (Å²) in [4.78, 5) is 11.9. The lowest BCUT2D eigenvalue weighted by molar-refractivity contribution is -0.137. The summed E-state index contributed by atoms with van der Waals surface area (Å²) < 4.78 is 41.4. The molecule has 110 valence electrons. The second-order valence-electron chi connectivity index (χ2n) is 4.77. The fraction of sp³-hybridized carbons (Fsp3) is 0.286. The molecule has 0 radical (unpaired) electrons. The van der Waals surface area contributed by atoms with Crippen LogP contribution in [-0.2, 0) is 12.7 Å². The summed E-state index contributed by atoms with van der Waals surface area (Å²) in [6.07, 6.45) is -4.09. The van der Waals surface area contributed by atoms with Crippen molar-refractivity contribution in [2.24, 2.45) is 0 Å². The third-order valence-electron chi connectivity index (χ3n) is 3.33. The van der Waals surface area contributed by atoms with Crippen LogP contribution in [0.25, 0.3) is 11.3 Å². The van der Waals surface area contributed by atoms with Crippen LogP contribution in [0.3, 0.4) is 0 Å². The number of carbonyl (C=O) groups excluding carboxylic acids is 1. The van der Waals surface area contributed by atoms with E-state index in [-0.39, 0.29) is 12.2 Å². The molecular weight excluding hydrogens is 283 g/mol. The number of alkyl halides is 3. The van der Waals surface area contributed by atoms with Crippen molar-refractivity contribution in [1.29, 1.82) is 0 Å². The monoisotopic (exact) mass is 295 g/mol. The molecule has 0 bridgehead atoms. The fourth-order valence-electron chi connectivity index (χ4n) is 2.44. The molecule has 0 aliphatic carbocycles. The zero-order chi connectivity index (χ0) is 15.0. The Kier molecular flexibility index (Phi) is 3.19. The molecule has 0 spiro atoms. The van der Waals surface area contributed by atoms with Gasteiger partial charge in [-0.25, -0.2) is 0 Å². The topological polar surface area (TPSA) is 46.9 Å². The Bertz CT molecular complexity index is 677. The molecule has 2 aromatic rings. The lowest BCUT2D eigenvalue weighted by atomic mass is 10.1. The number of nitrogens with one attached hydrogen (secondary N) is 1. The van der Waals surface area contributed by atoms with Crippen LogP contribution < -0.4 is 5.32 Å². The highest BCUT2D eigenvalue weighted by molar-refractivity contribution is 5.96. The quantitative estimate of drug-likeness (QED) is 0.879.